The summed E-state index contributed by atoms with van der Waals surface area (Å²) >= 11 is 0. The van der Waals surface area contributed by atoms with Gasteiger partial charge in [0.25, 0.3) is 0 Å². The molecule has 0 heterocycles. The summed E-state index contributed by atoms with van der Waals surface area (Å²) in [4.78, 5) is 0. The third-order valence-electron chi connectivity index (χ3n) is 2.15. The molecule has 0 radical (unpaired) electrons. The van der Waals surface area contributed by atoms with Gasteiger partial charge in [-0.15, -0.1) is 0 Å². The number of nitrogens with zero attached hydrogens (tertiary/aromatic N) is 1. The molecule has 0 saturated carbocycles. The summed E-state index contributed by atoms with van der Waals surface area (Å²) in [5, 5.41) is 8.59. The van der Waals surface area contributed by atoms with Gasteiger partial charge in [-0.1, -0.05) is 6.07 Å². The van der Waals surface area contributed by atoms with Crippen LogP contribution in [0.15, 0.2) is 18.2 Å². The van der Waals surface area contributed by atoms with E-state index >= 15 is 0 Å². The number of benzene rings is 1. The van der Waals surface area contributed by atoms with Gasteiger partial charge in [0.2, 0.25) is 0 Å². The van der Waals surface area contributed by atoms with E-state index in [1.54, 1.807) is 19.9 Å². The highest BCUT2D eigenvalue weighted by molar-refractivity contribution is 7.90. The third-order valence-corrected chi connectivity index (χ3v) is 4.08. The number of hydrogen-bond donors (Lipinski definition) is 1. The standard InChI is InChI=1S/C12H15FN2O2S/c1-12(2,15)8-18(16,17)7-10-4-3-9(6-14)5-11(10)13/h3-5H,7-8,15H2,1-2H3. The highest BCUT2D eigenvalue weighted by Gasteiger charge is 2.23. The molecular formula is C12H15FN2O2S. The fourth-order valence-corrected chi connectivity index (χ4v) is 3.53. The fraction of sp³-hybridized carbons (Fsp3) is 0.417. The Balaban J connectivity index is 2.96. The van der Waals surface area contributed by atoms with Gasteiger partial charge in [0.1, 0.15) is 5.82 Å². The molecule has 1 aromatic rings. The molecule has 0 aliphatic carbocycles. The summed E-state index contributed by atoms with van der Waals surface area (Å²) in [5.74, 6) is -1.32. The van der Waals surface area contributed by atoms with Crippen molar-refractivity contribution in [2.24, 2.45) is 5.73 Å². The van der Waals surface area contributed by atoms with Gasteiger partial charge in [-0.2, -0.15) is 5.26 Å². The first-order valence-corrected chi connectivity index (χ1v) is 7.13. The number of nitriles is 1. The van der Waals surface area contributed by atoms with Crippen LogP contribution >= 0.6 is 0 Å². The van der Waals surface area contributed by atoms with Crippen LogP contribution in [0.2, 0.25) is 0 Å². The Hall–Kier alpha value is -1.45. The Bertz CT molecular complexity index is 583. The van der Waals surface area contributed by atoms with Crippen molar-refractivity contribution in [1.29, 1.82) is 5.26 Å². The zero-order valence-electron chi connectivity index (χ0n) is 10.3. The first-order chi connectivity index (χ1) is 8.13. The largest absolute Gasteiger partial charge is 0.325 e. The normalized spacial score (nSPS) is 12.2. The molecule has 0 aliphatic heterocycles. The van der Waals surface area contributed by atoms with Crippen molar-refractivity contribution in [3.63, 3.8) is 0 Å². The lowest BCUT2D eigenvalue weighted by molar-refractivity contribution is 0.541. The predicted molar refractivity (Wildman–Crippen MR) is 66.9 cm³/mol. The van der Waals surface area contributed by atoms with Crippen molar-refractivity contribution >= 4 is 9.84 Å². The minimum atomic E-state index is -3.48. The lowest BCUT2D eigenvalue weighted by Crippen LogP contribution is -2.40. The molecule has 1 aromatic carbocycles. The molecule has 0 unspecified atom stereocenters. The topological polar surface area (TPSA) is 84.0 Å². The van der Waals surface area contributed by atoms with Gasteiger partial charge in [0.15, 0.2) is 9.84 Å². The molecule has 0 spiro atoms. The van der Waals surface area contributed by atoms with Crippen molar-refractivity contribution in [1.82, 2.24) is 0 Å². The van der Waals surface area contributed by atoms with Crippen LogP contribution in [0.5, 0.6) is 0 Å². The van der Waals surface area contributed by atoms with Gasteiger partial charge in [-0.3, -0.25) is 0 Å². The molecule has 0 atom stereocenters. The quantitative estimate of drug-likeness (QED) is 0.895. The molecule has 0 aliphatic rings. The summed E-state index contributed by atoms with van der Waals surface area (Å²) < 4.78 is 37.2. The number of rotatable bonds is 4. The second kappa shape index (κ2) is 5.04. The van der Waals surface area contributed by atoms with Gasteiger partial charge >= 0.3 is 0 Å². The van der Waals surface area contributed by atoms with E-state index in [1.165, 1.54) is 12.1 Å². The van der Waals surface area contributed by atoms with Crippen LogP contribution in [-0.2, 0) is 15.6 Å². The molecule has 1 rings (SSSR count). The summed E-state index contributed by atoms with van der Waals surface area (Å²) in [7, 11) is -3.48. The molecule has 98 valence electrons. The van der Waals surface area contributed by atoms with E-state index in [1.807, 2.05) is 0 Å². The SMILES string of the molecule is CC(C)(N)CS(=O)(=O)Cc1ccc(C#N)cc1F. The van der Waals surface area contributed by atoms with Crippen molar-refractivity contribution in [3.05, 3.63) is 35.1 Å². The zero-order valence-corrected chi connectivity index (χ0v) is 11.1. The minimum absolute atomic E-state index is 0.0539. The first-order valence-electron chi connectivity index (χ1n) is 5.31. The molecule has 0 fully saturated rings. The molecule has 0 amide bonds. The van der Waals surface area contributed by atoms with E-state index in [2.05, 4.69) is 0 Å². The molecular weight excluding hydrogens is 255 g/mol. The Morgan fingerprint density at radius 2 is 2.06 bits per heavy atom. The summed E-state index contributed by atoms with van der Waals surface area (Å²) in [5.41, 5.74) is 5.00. The van der Waals surface area contributed by atoms with Crippen molar-refractivity contribution in [2.75, 3.05) is 5.75 Å². The molecule has 6 heteroatoms. The average Bonchev–Trinajstić information content (AvgIpc) is 2.17. The highest BCUT2D eigenvalue weighted by Crippen LogP contribution is 2.15. The average molecular weight is 270 g/mol. The Kier molecular flexibility index (Phi) is 4.09. The Labute approximate surface area is 106 Å². The Morgan fingerprint density at radius 3 is 2.50 bits per heavy atom. The van der Waals surface area contributed by atoms with Gasteiger partial charge in [0, 0.05) is 11.1 Å². The second-order valence-corrected chi connectivity index (χ2v) is 7.00. The van der Waals surface area contributed by atoms with E-state index in [0.29, 0.717) is 0 Å². The minimum Gasteiger partial charge on any atom is -0.325 e. The fourth-order valence-electron chi connectivity index (χ4n) is 1.59. The molecule has 0 saturated heterocycles. The number of hydrogen-bond acceptors (Lipinski definition) is 4. The van der Waals surface area contributed by atoms with E-state index in [4.69, 9.17) is 11.0 Å². The van der Waals surface area contributed by atoms with Crippen LogP contribution in [0.25, 0.3) is 0 Å². The van der Waals surface area contributed by atoms with Crippen LogP contribution in [0.4, 0.5) is 4.39 Å². The van der Waals surface area contributed by atoms with E-state index < -0.39 is 26.9 Å². The van der Waals surface area contributed by atoms with Crippen molar-refractivity contribution in [2.45, 2.75) is 25.1 Å². The zero-order chi connectivity index (χ0) is 14.0. The molecule has 2 N–H and O–H groups in total. The van der Waals surface area contributed by atoms with Gasteiger partial charge in [-0.05, 0) is 26.0 Å². The van der Waals surface area contributed by atoms with Crippen LogP contribution < -0.4 is 5.73 Å². The monoisotopic (exact) mass is 270 g/mol. The van der Waals surface area contributed by atoms with E-state index in [-0.39, 0.29) is 16.9 Å². The van der Waals surface area contributed by atoms with Gasteiger partial charge in [-0.25, -0.2) is 12.8 Å². The smallest absolute Gasteiger partial charge is 0.156 e. The molecule has 18 heavy (non-hydrogen) atoms. The van der Waals surface area contributed by atoms with Gasteiger partial charge < -0.3 is 5.73 Å². The summed E-state index contributed by atoms with van der Waals surface area (Å²) in [6.07, 6.45) is 0. The molecule has 0 bridgehead atoms. The number of halogens is 1. The maximum absolute atomic E-state index is 13.6. The number of nitrogens with two attached hydrogens (primary N) is 1. The third kappa shape index (κ3) is 4.43. The lowest BCUT2D eigenvalue weighted by Gasteiger charge is -2.18. The van der Waals surface area contributed by atoms with Crippen molar-refractivity contribution in [3.8, 4) is 6.07 Å². The van der Waals surface area contributed by atoms with Crippen LogP contribution in [0.3, 0.4) is 0 Å². The second-order valence-electron chi connectivity index (χ2n) is 4.94. The van der Waals surface area contributed by atoms with Gasteiger partial charge in [0.05, 0.1) is 23.1 Å². The first kappa shape index (κ1) is 14.6. The maximum Gasteiger partial charge on any atom is 0.156 e. The predicted octanol–water partition coefficient (Wildman–Crippen LogP) is 1.35. The summed E-state index contributed by atoms with van der Waals surface area (Å²) in [6, 6.07) is 5.52. The maximum atomic E-state index is 13.6. The van der Waals surface area contributed by atoms with E-state index in [9.17, 15) is 12.8 Å². The number of sulfone groups is 1. The Morgan fingerprint density at radius 1 is 1.44 bits per heavy atom. The molecule has 0 aromatic heterocycles. The lowest BCUT2D eigenvalue weighted by atomic mass is 10.1. The van der Waals surface area contributed by atoms with E-state index in [0.717, 1.165) is 6.07 Å². The van der Waals surface area contributed by atoms with Crippen molar-refractivity contribution < 1.29 is 12.8 Å². The van der Waals surface area contributed by atoms with Crippen LogP contribution in [0.1, 0.15) is 25.0 Å². The van der Waals surface area contributed by atoms with Crippen LogP contribution in [0, 0.1) is 17.1 Å². The van der Waals surface area contributed by atoms with Crippen LogP contribution in [-0.4, -0.2) is 19.7 Å². The molecule has 4 nitrogen and oxygen atoms in total. The summed E-state index contributed by atoms with van der Waals surface area (Å²) in [6.45, 7) is 3.19. The highest BCUT2D eigenvalue weighted by atomic mass is 32.2.